The van der Waals surface area contributed by atoms with Crippen molar-refractivity contribution in [1.82, 2.24) is 9.62 Å². The van der Waals surface area contributed by atoms with E-state index in [1.807, 2.05) is 30.3 Å². The zero-order valence-corrected chi connectivity index (χ0v) is 16.1. The molecule has 1 N–H and O–H groups in total. The van der Waals surface area contributed by atoms with Gasteiger partial charge in [-0.15, -0.1) is 0 Å². The van der Waals surface area contributed by atoms with E-state index in [1.54, 1.807) is 0 Å². The molecule has 1 heterocycles. The SMILES string of the molecule is O=C(NCCc1ccccc1)C1CCN(S(=O)(=O)c2ccc(F)c(F)c2)CC1. The minimum absolute atomic E-state index is 0.0826. The molecule has 0 aromatic heterocycles. The van der Waals surface area contributed by atoms with Gasteiger partial charge in [0.25, 0.3) is 0 Å². The van der Waals surface area contributed by atoms with E-state index in [2.05, 4.69) is 5.32 Å². The molecule has 1 fully saturated rings. The maximum absolute atomic E-state index is 13.4. The monoisotopic (exact) mass is 408 g/mol. The summed E-state index contributed by atoms with van der Waals surface area (Å²) in [5.74, 6) is -2.63. The lowest BCUT2D eigenvalue weighted by Crippen LogP contribution is -2.43. The normalized spacial score (nSPS) is 16.1. The zero-order valence-electron chi connectivity index (χ0n) is 15.3. The van der Waals surface area contributed by atoms with Gasteiger partial charge in [0.2, 0.25) is 15.9 Å². The molecule has 0 atom stereocenters. The molecule has 0 radical (unpaired) electrons. The first-order chi connectivity index (χ1) is 13.4. The molecule has 0 aliphatic carbocycles. The van der Waals surface area contributed by atoms with E-state index in [0.29, 0.717) is 25.5 Å². The molecule has 3 rings (SSSR count). The molecule has 0 spiro atoms. The number of carbonyl (C=O) groups excluding carboxylic acids is 1. The van der Waals surface area contributed by atoms with Crippen LogP contribution in [0.4, 0.5) is 8.78 Å². The second-order valence-electron chi connectivity index (χ2n) is 6.78. The Labute approximate surface area is 163 Å². The van der Waals surface area contributed by atoms with E-state index in [0.717, 1.165) is 24.1 Å². The summed E-state index contributed by atoms with van der Waals surface area (Å²) in [6.45, 7) is 0.854. The van der Waals surface area contributed by atoms with Crippen molar-refractivity contribution in [3.05, 3.63) is 65.7 Å². The fourth-order valence-electron chi connectivity index (χ4n) is 3.26. The molecule has 0 unspecified atom stereocenters. The summed E-state index contributed by atoms with van der Waals surface area (Å²) in [4.78, 5) is 12.0. The van der Waals surface area contributed by atoms with Gasteiger partial charge in [0.05, 0.1) is 4.90 Å². The number of sulfonamides is 1. The number of nitrogens with one attached hydrogen (secondary N) is 1. The van der Waals surface area contributed by atoms with Crippen molar-refractivity contribution < 1.29 is 22.0 Å². The van der Waals surface area contributed by atoms with Crippen LogP contribution in [0.25, 0.3) is 0 Å². The van der Waals surface area contributed by atoms with Gasteiger partial charge in [-0.1, -0.05) is 30.3 Å². The Kier molecular flexibility index (Phi) is 6.41. The van der Waals surface area contributed by atoms with Gasteiger partial charge >= 0.3 is 0 Å². The molecule has 1 saturated heterocycles. The molecule has 1 aliphatic rings. The summed E-state index contributed by atoms with van der Waals surface area (Å²) in [5.41, 5.74) is 1.13. The van der Waals surface area contributed by atoms with Crippen LogP contribution in [0.15, 0.2) is 53.4 Å². The summed E-state index contributed by atoms with van der Waals surface area (Å²) in [7, 11) is -3.91. The maximum atomic E-state index is 13.4. The lowest BCUT2D eigenvalue weighted by Gasteiger charge is -2.30. The standard InChI is InChI=1S/C20H22F2N2O3S/c21-18-7-6-17(14-19(18)22)28(26,27)24-12-9-16(10-13-24)20(25)23-11-8-15-4-2-1-3-5-15/h1-7,14,16H,8-13H2,(H,23,25). The molecular weight excluding hydrogens is 386 g/mol. The fourth-order valence-corrected chi connectivity index (χ4v) is 4.75. The van der Waals surface area contributed by atoms with Crippen molar-refractivity contribution in [1.29, 1.82) is 0 Å². The van der Waals surface area contributed by atoms with Crippen molar-refractivity contribution in [3.8, 4) is 0 Å². The third-order valence-corrected chi connectivity index (χ3v) is 6.80. The number of halogens is 2. The van der Waals surface area contributed by atoms with Crippen molar-refractivity contribution in [3.63, 3.8) is 0 Å². The molecular formula is C20H22F2N2O3S. The Bertz CT molecular complexity index is 928. The molecule has 1 aliphatic heterocycles. The highest BCUT2D eigenvalue weighted by atomic mass is 32.2. The molecule has 2 aromatic rings. The summed E-state index contributed by atoms with van der Waals surface area (Å²) in [6, 6.07) is 12.4. The van der Waals surface area contributed by atoms with Crippen LogP contribution >= 0.6 is 0 Å². The zero-order chi connectivity index (χ0) is 20.1. The van der Waals surface area contributed by atoms with Crippen LogP contribution in [0.1, 0.15) is 18.4 Å². The molecule has 28 heavy (non-hydrogen) atoms. The largest absolute Gasteiger partial charge is 0.356 e. The molecule has 0 saturated carbocycles. The lowest BCUT2D eigenvalue weighted by atomic mass is 9.97. The second kappa shape index (κ2) is 8.79. The maximum Gasteiger partial charge on any atom is 0.243 e. The predicted octanol–water partition coefficient (Wildman–Crippen LogP) is 2.72. The van der Waals surface area contributed by atoms with E-state index in [-0.39, 0.29) is 29.8 Å². The van der Waals surface area contributed by atoms with Crippen LogP contribution in [0.5, 0.6) is 0 Å². The molecule has 1 amide bonds. The number of rotatable bonds is 6. The Morgan fingerprint density at radius 3 is 2.36 bits per heavy atom. The number of benzene rings is 2. The van der Waals surface area contributed by atoms with E-state index in [1.165, 1.54) is 4.31 Å². The smallest absolute Gasteiger partial charge is 0.243 e. The van der Waals surface area contributed by atoms with Crippen LogP contribution in [-0.2, 0) is 21.2 Å². The van der Waals surface area contributed by atoms with Crippen molar-refractivity contribution in [2.24, 2.45) is 5.92 Å². The Hall–Kier alpha value is -2.32. The van der Waals surface area contributed by atoms with Gasteiger partial charge in [-0.05, 0) is 43.0 Å². The highest BCUT2D eigenvalue weighted by molar-refractivity contribution is 7.89. The second-order valence-corrected chi connectivity index (χ2v) is 8.72. The minimum atomic E-state index is -3.91. The van der Waals surface area contributed by atoms with Crippen LogP contribution < -0.4 is 5.32 Å². The number of amides is 1. The van der Waals surface area contributed by atoms with Crippen LogP contribution in [0.2, 0.25) is 0 Å². The topological polar surface area (TPSA) is 66.5 Å². The van der Waals surface area contributed by atoms with Gasteiger partial charge in [-0.3, -0.25) is 4.79 Å². The van der Waals surface area contributed by atoms with Gasteiger partial charge in [-0.2, -0.15) is 4.31 Å². The van der Waals surface area contributed by atoms with Gasteiger partial charge in [0.1, 0.15) is 0 Å². The summed E-state index contributed by atoms with van der Waals surface area (Å²) in [6.07, 6.45) is 1.51. The lowest BCUT2D eigenvalue weighted by molar-refractivity contribution is -0.126. The number of hydrogen-bond donors (Lipinski definition) is 1. The predicted molar refractivity (Wildman–Crippen MR) is 101 cm³/mol. The summed E-state index contributed by atoms with van der Waals surface area (Å²) < 4.78 is 52.8. The fraction of sp³-hybridized carbons (Fsp3) is 0.350. The van der Waals surface area contributed by atoms with Crippen molar-refractivity contribution in [2.45, 2.75) is 24.2 Å². The Morgan fingerprint density at radius 2 is 1.71 bits per heavy atom. The number of nitrogens with zero attached hydrogens (tertiary/aromatic N) is 1. The van der Waals surface area contributed by atoms with E-state index < -0.39 is 21.7 Å². The number of carbonyl (C=O) groups is 1. The summed E-state index contributed by atoms with van der Waals surface area (Å²) in [5, 5.41) is 2.90. The quantitative estimate of drug-likeness (QED) is 0.799. The first-order valence-electron chi connectivity index (χ1n) is 9.15. The van der Waals surface area contributed by atoms with Crippen LogP contribution in [0.3, 0.4) is 0 Å². The van der Waals surface area contributed by atoms with E-state index in [9.17, 15) is 22.0 Å². The molecule has 150 valence electrons. The minimum Gasteiger partial charge on any atom is -0.356 e. The highest BCUT2D eigenvalue weighted by Crippen LogP contribution is 2.25. The first kappa shape index (κ1) is 20.4. The average Bonchev–Trinajstić information content (AvgIpc) is 2.71. The van der Waals surface area contributed by atoms with Crippen molar-refractivity contribution in [2.75, 3.05) is 19.6 Å². The molecule has 8 heteroatoms. The third kappa shape index (κ3) is 4.74. The van der Waals surface area contributed by atoms with Crippen molar-refractivity contribution >= 4 is 15.9 Å². The first-order valence-corrected chi connectivity index (χ1v) is 10.6. The highest BCUT2D eigenvalue weighted by Gasteiger charge is 2.32. The number of hydrogen-bond acceptors (Lipinski definition) is 3. The average molecular weight is 408 g/mol. The van der Waals surface area contributed by atoms with Gasteiger partial charge in [-0.25, -0.2) is 17.2 Å². The molecule has 0 bridgehead atoms. The Balaban J connectivity index is 1.52. The molecule has 2 aromatic carbocycles. The van der Waals surface area contributed by atoms with Gasteiger partial charge in [0, 0.05) is 25.6 Å². The van der Waals surface area contributed by atoms with Gasteiger partial charge in [0.15, 0.2) is 11.6 Å². The van der Waals surface area contributed by atoms with Crippen LogP contribution in [0, 0.1) is 17.6 Å². The number of piperidine rings is 1. The third-order valence-electron chi connectivity index (χ3n) is 4.91. The van der Waals surface area contributed by atoms with Crippen LogP contribution in [-0.4, -0.2) is 38.3 Å². The van der Waals surface area contributed by atoms with E-state index in [4.69, 9.17) is 0 Å². The van der Waals surface area contributed by atoms with Gasteiger partial charge < -0.3 is 5.32 Å². The summed E-state index contributed by atoms with van der Waals surface area (Å²) >= 11 is 0. The Morgan fingerprint density at radius 1 is 1.04 bits per heavy atom. The van der Waals surface area contributed by atoms with E-state index >= 15 is 0 Å². The molecule has 5 nitrogen and oxygen atoms in total.